The maximum Gasteiger partial charge on any atom is 0.337 e. The van der Waals surface area contributed by atoms with E-state index in [1.54, 1.807) is 6.92 Å². The number of hydrogen-bond donors (Lipinski definition) is 1. The molecule has 0 saturated heterocycles. The molecule has 1 heterocycles. The van der Waals surface area contributed by atoms with E-state index in [1.165, 1.54) is 0 Å². The van der Waals surface area contributed by atoms with Crippen LogP contribution in [0, 0.1) is 23.7 Å². The van der Waals surface area contributed by atoms with Crippen LogP contribution in [0.2, 0.25) is 0 Å². The van der Waals surface area contributed by atoms with Gasteiger partial charge in [-0.1, -0.05) is 66.8 Å². The molecule has 2 aliphatic rings. The van der Waals surface area contributed by atoms with Crippen molar-refractivity contribution in [1.82, 2.24) is 5.32 Å². The monoisotopic (exact) mass is 455 g/mol. The third-order valence-corrected chi connectivity index (χ3v) is 6.17. The largest absolute Gasteiger partial charge is 0.463 e. The molecule has 0 aromatic heterocycles. The van der Waals surface area contributed by atoms with Crippen LogP contribution in [0.4, 0.5) is 0 Å². The highest BCUT2D eigenvalue weighted by Crippen LogP contribution is 2.40. The number of carbonyl (C=O) groups excluding carboxylic acids is 2. The highest BCUT2D eigenvalue weighted by molar-refractivity contribution is 5.99. The third-order valence-electron chi connectivity index (χ3n) is 6.17. The van der Waals surface area contributed by atoms with E-state index in [1.807, 2.05) is 67.6 Å². The molecular formula is C29H29NO4. The molecule has 1 atom stereocenters. The second-order valence-corrected chi connectivity index (χ2v) is 8.47. The molecule has 0 unspecified atom stereocenters. The van der Waals surface area contributed by atoms with Crippen molar-refractivity contribution < 1.29 is 19.1 Å². The van der Waals surface area contributed by atoms with Gasteiger partial charge in [0, 0.05) is 17.0 Å². The zero-order valence-electron chi connectivity index (χ0n) is 19.6. The number of carbonyl (C=O) groups is 2. The Bertz CT molecular complexity index is 1160. The van der Waals surface area contributed by atoms with Crippen LogP contribution in [-0.4, -0.2) is 18.5 Å². The van der Waals surface area contributed by atoms with Gasteiger partial charge in [-0.25, -0.2) is 9.59 Å². The number of ether oxygens (including phenoxy) is 2. The molecule has 2 aromatic rings. The quantitative estimate of drug-likeness (QED) is 0.496. The maximum absolute atomic E-state index is 13.5. The Kier molecular flexibility index (Phi) is 7.49. The fraction of sp³-hybridized carbons (Fsp3) is 0.310. The number of rotatable bonds is 6. The van der Waals surface area contributed by atoms with Crippen molar-refractivity contribution in [2.45, 2.75) is 39.7 Å². The van der Waals surface area contributed by atoms with E-state index in [0.717, 1.165) is 36.1 Å². The summed E-state index contributed by atoms with van der Waals surface area (Å²) in [6.07, 6.45) is 3.08. The van der Waals surface area contributed by atoms with Crippen molar-refractivity contribution in [1.29, 1.82) is 0 Å². The van der Waals surface area contributed by atoms with Crippen LogP contribution < -0.4 is 5.32 Å². The maximum atomic E-state index is 13.5. The number of nitrogens with one attached hydrogen (secondary N) is 1. The standard InChI is InChI=1S/C29H29NO4/c1-3-33-28(31)25-20(2)30-27(23-15-10-16-23)26(24(25)18-17-21-11-6-4-7-12-21)29(32)34-19-22-13-8-5-9-14-22/h4-9,11-14,23-24,30H,3,10,15-16,19H2,1-2H3/t24-/m1/s1. The Morgan fingerprint density at radius 1 is 0.941 bits per heavy atom. The molecule has 5 heteroatoms. The summed E-state index contributed by atoms with van der Waals surface area (Å²) in [5.41, 5.74) is 3.98. The number of dihydropyridines is 1. The zero-order chi connectivity index (χ0) is 23.9. The summed E-state index contributed by atoms with van der Waals surface area (Å²) >= 11 is 0. The normalized spacial score (nSPS) is 17.8. The molecule has 2 aromatic carbocycles. The molecule has 34 heavy (non-hydrogen) atoms. The first-order valence-corrected chi connectivity index (χ1v) is 11.7. The highest BCUT2D eigenvalue weighted by Gasteiger charge is 2.40. The van der Waals surface area contributed by atoms with Gasteiger partial charge in [-0.05, 0) is 50.3 Å². The zero-order valence-corrected chi connectivity index (χ0v) is 19.6. The van der Waals surface area contributed by atoms with Gasteiger partial charge in [0.2, 0.25) is 0 Å². The van der Waals surface area contributed by atoms with E-state index < -0.39 is 17.9 Å². The van der Waals surface area contributed by atoms with Gasteiger partial charge in [-0.3, -0.25) is 0 Å². The summed E-state index contributed by atoms with van der Waals surface area (Å²) in [7, 11) is 0. The van der Waals surface area contributed by atoms with E-state index in [2.05, 4.69) is 17.2 Å². The second kappa shape index (κ2) is 10.9. The lowest BCUT2D eigenvalue weighted by Gasteiger charge is -2.36. The topological polar surface area (TPSA) is 64.6 Å². The Morgan fingerprint density at radius 2 is 1.59 bits per heavy atom. The Hall–Kier alpha value is -3.78. The Labute approximate surface area is 200 Å². The minimum Gasteiger partial charge on any atom is -0.463 e. The van der Waals surface area contributed by atoms with Crippen LogP contribution in [0.1, 0.15) is 44.2 Å². The fourth-order valence-electron chi connectivity index (χ4n) is 4.20. The first-order chi connectivity index (χ1) is 16.6. The molecule has 0 radical (unpaired) electrons. The van der Waals surface area contributed by atoms with E-state index >= 15 is 0 Å². The van der Waals surface area contributed by atoms with Gasteiger partial charge in [0.15, 0.2) is 0 Å². The van der Waals surface area contributed by atoms with Crippen LogP contribution in [0.15, 0.2) is 83.2 Å². The van der Waals surface area contributed by atoms with Crippen LogP contribution in [0.3, 0.4) is 0 Å². The van der Waals surface area contributed by atoms with Crippen molar-refractivity contribution in [2.24, 2.45) is 11.8 Å². The first-order valence-electron chi connectivity index (χ1n) is 11.7. The number of allylic oxidation sites excluding steroid dienone is 2. The molecule has 1 aliphatic heterocycles. The van der Waals surface area contributed by atoms with Gasteiger partial charge in [0.05, 0.1) is 23.7 Å². The van der Waals surface area contributed by atoms with Crippen molar-refractivity contribution in [3.05, 3.63) is 94.3 Å². The molecule has 1 N–H and O–H groups in total. The summed E-state index contributed by atoms with van der Waals surface area (Å²) in [5.74, 6) is 4.92. The van der Waals surface area contributed by atoms with Gasteiger partial charge in [-0.2, -0.15) is 0 Å². The third kappa shape index (κ3) is 5.23. The molecule has 5 nitrogen and oxygen atoms in total. The summed E-state index contributed by atoms with van der Waals surface area (Å²) in [4.78, 5) is 26.5. The molecular weight excluding hydrogens is 426 g/mol. The Balaban J connectivity index is 1.74. The van der Waals surface area contributed by atoms with Crippen LogP contribution in [-0.2, 0) is 25.7 Å². The smallest absolute Gasteiger partial charge is 0.337 e. The van der Waals surface area contributed by atoms with Crippen LogP contribution in [0.25, 0.3) is 0 Å². The summed E-state index contributed by atoms with van der Waals surface area (Å²) in [5, 5.41) is 3.35. The lowest BCUT2D eigenvalue weighted by molar-refractivity contribution is -0.141. The predicted octanol–water partition coefficient (Wildman–Crippen LogP) is 4.89. The van der Waals surface area contributed by atoms with Crippen molar-refractivity contribution in [2.75, 3.05) is 6.61 Å². The van der Waals surface area contributed by atoms with Gasteiger partial charge in [0.1, 0.15) is 6.61 Å². The average Bonchev–Trinajstić information content (AvgIpc) is 2.81. The van der Waals surface area contributed by atoms with E-state index in [-0.39, 0.29) is 19.1 Å². The molecule has 1 aliphatic carbocycles. The predicted molar refractivity (Wildman–Crippen MR) is 130 cm³/mol. The Morgan fingerprint density at radius 3 is 2.21 bits per heavy atom. The molecule has 0 bridgehead atoms. The molecule has 174 valence electrons. The fourth-order valence-corrected chi connectivity index (χ4v) is 4.20. The number of esters is 2. The summed E-state index contributed by atoms with van der Waals surface area (Å²) in [6.45, 7) is 3.99. The minimum atomic E-state index is -0.737. The summed E-state index contributed by atoms with van der Waals surface area (Å²) in [6, 6.07) is 19.1. The van der Waals surface area contributed by atoms with E-state index in [0.29, 0.717) is 16.8 Å². The van der Waals surface area contributed by atoms with E-state index in [4.69, 9.17) is 9.47 Å². The second-order valence-electron chi connectivity index (χ2n) is 8.47. The average molecular weight is 456 g/mol. The molecule has 0 amide bonds. The van der Waals surface area contributed by atoms with Crippen molar-refractivity contribution in [3.63, 3.8) is 0 Å². The molecule has 1 fully saturated rings. The van der Waals surface area contributed by atoms with E-state index in [9.17, 15) is 9.59 Å². The number of hydrogen-bond acceptors (Lipinski definition) is 5. The minimum absolute atomic E-state index is 0.150. The summed E-state index contributed by atoms with van der Waals surface area (Å²) < 4.78 is 11.1. The lowest BCUT2D eigenvalue weighted by atomic mass is 9.75. The first kappa shape index (κ1) is 23.4. The number of benzene rings is 2. The van der Waals surface area contributed by atoms with Gasteiger partial charge < -0.3 is 14.8 Å². The van der Waals surface area contributed by atoms with Gasteiger partial charge >= 0.3 is 11.9 Å². The van der Waals surface area contributed by atoms with Crippen molar-refractivity contribution >= 4 is 11.9 Å². The molecule has 4 rings (SSSR count). The highest BCUT2D eigenvalue weighted by atomic mass is 16.5. The van der Waals surface area contributed by atoms with Crippen LogP contribution >= 0.6 is 0 Å². The van der Waals surface area contributed by atoms with Gasteiger partial charge in [-0.15, -0.1) is 0 Å². The van der Waals surface area contributed by atoms with Crippen LogP contribution in [0.5, 0.6) is 0 Å². The molecule has 0 spiro atoms. The SMILES string of the molecule is CCOC(=O)C1=C(C)NC(C2CCC2)=C(C(=O)OCc2ccccc2)[C@@H]1C#Cc1ccccc1. The molecule has 1 saturated carbocycles. The van der Waals surface area contributed by atoms with Crippen molar-refractivity contribution in [3.8, 4) is 11.8 Å². The lowest BCUT2D eigenvalue weighted by Crippen LogP contribution is -2.37. The van der Waals surface area contributed by atoms with Gasteiger partial charge in [0.25, 0.3) is 0 Å².